The van der Waals surface area contributed by atoms with Crippen LogP contribution in [0.2, 0.25) is 0 Å². The quantitative estimate of drug-likeness (QED) is 0.689. The van der Waals surface area contributed by atoms with E-state index in [-0.39, 0.29) is 18.4 Å². The summed E-state index contributed by atoms with van der Waals surface area (Å²) in [5.74, 6) is 0.572. The van der Waals surface area contributed by atoms with Crippen LogP contribution < -0.4 is 15.4 Å². The number of ether oxygens (including phenoxy) is 1. The molecule has 146 valence electrons. The molecule has 0 unspecified atom stereocenters. The normalized spacial score (nSPS) is 13.1. The molecule has 1 fully saturated rings. The smallest absolute Gasteiger partial charge is 0.253 e. The second-order valence-corrected chi connectivity index (χ2v) is 6.61. The van der Waals surface area contributed by atoms with Gasteiger partial charge in [0, 0.05) is 36.1 Å². The first-order valence-corrected chi connectivity index (χ1v) is 9.42. The molecule has 1 aliphatic heterocycles. The highest BCUT2D eigenvalue weighted by atomic mass is 16.5. The van der Waals surface area contributed by atoms with E-state index in [0.717, 1.165) is 31.6 Å². The molecule has 2 aromatic carbocycles. The maximum Gasteiger partial charge on any atom is 0.253 e. The Kier molecular flexibility index (Phi) is 6.68. The van der Waals surface area contributed by atoms with Gasteiger partial charge in [-0.2, -0.15) is 0 Å². The predicted molar refractivity (Wildman–Crippen MR) is 111 cm³/mol. The van der Waals surface area contributed by atoms with Crippen molar-refractivity contribution < 1.29 is 14.3 Å². The van der Waals surface area contributed by atoms with Crippen molar-refractivity contribution in [3.05, 3.63) is 66.7 Å². The number of likely N-dealkylation sites (tertiary alicyclic amines) is 1. The Morgan fingerprint density at radius 2 is 1.82 bits per heavy atom. The summed E-state index contributed by atoms with van der Waals surface area (Å²) in [6.45, 7) is 5.81. The minimum absolute atomic E-state index is 0.0698. The molecule has 0 saturated carbocycles. The van der Waals surface area contributed by atoms with Crippen molar-refractivity contribution >= 4 is 23.2 Å². The lowest BCUT2D eigenvalue weighted by Gasteiger charge is -2.15. The van der Waals surface area contributed by atoms with Crippen molar-refractivity contribution in [3.63, 3.8) is 0 Å². The van der Waals surface area contributed by atoms with Gasteiger partial charge in [0.15, 0.2) is 0 Å². The van der Waals surface area contributed by atoms with Crippen LogP contribution in [0, 0.1) is 0 Å². The average molecular weight is 379 g/mol. The van der Waals surface area contributed by atoms with Gasteiger partial charge in [-0.3, -0.25) is 9.59 Å². The molecule has 0 aromatic heterocycles. The summed E-state index contributed by atoms with van der Waals surface area (Å²) in [5.41, 5.74) is 2.13. The van der Waals surface area contributed by atoms with Gasteiger partial charge >= 0.3 is 0 Å². The topological polar surface area (TPSA) is 70.7 Å². The molecule has 6 heteroatoms. The van der Waals surface area contributed by atoms with Crippen LogP contribution in [-0.4, -0.2) is 43.0 Å². The van der Waals surface area contributed by atoms with E-state index in [2.05, 4.69) is 17.2 Å². The van der Waals surface area contributed by atoms with Crippen molar-refractivity contribution in [3.8, 4) is 5.75 Å². The van der Waals surface area contributed by atoms with Crippen molar-refractivity contribution in [1.82, 2.24) is 4.90 Å². The zero-order valence-electron chi connectivity index (χ0n) is 15.8. The van der Waals surface area contributed by atoms with Crippen LogP contribution in [0.15, 0.2) is 61.2 Å². The Labute approximate surface area is 165 Å². The van der Waals surface area contributed by atoms with Crippen LogP contribution in [0.3, 0.4) is 0 Å². The molecule has 3 rings (SSSR count). The first-order chi connectivity index (χ1) is 13.7. The van der Waals surface area contributed by atoms with Gasteiger partial charge in [-0.1, -0.05) is 18.7 Å². The molecule has 6 nitrogen and oxygen atoms in total. The van der Waals surface area contributed by atoms with E-state index < -0.39 is 0 Å². The number of benzene rings is 2. The highest BCUT2D eigenvalue weighted by Crippen LogP contribution is 2.18. The molecule has 0 bridgehead atoms. The fraction of sp³-hybridized carbons (Fsp3) is 0.273. The Balaban J connectivity index is 1.49. The maximum atomic E-state index is 12.3. The largest absolute Gasteiger partial charge is 0.489 e. The van der Waals surface area contributed by atoms with Crippen molar-refractivity contribution in [2.45, 2.75) is 12.8 Å². The molecule has 2 amide bonds. The number of hydrogen-bond donors (Lipinski definition) is 2. The fourth-order valence-corrected chi connectivity index (χ4v) is 3.04. The summed E-state index contributed by atoms with van der Waals surface area (Å²) in [7, 11) is 0. The van der Waals surface area contributed by atoms with Crippen LogP contribution in [0.25, 0.3) is 0 Å². The van der Waals surface area contributed by atoms with E-state index in [1.165, 1.54) is 0 Å². The lowest BCUT2D eigenvalue weighted by Crippen LogP contribution is -2.27. The van der Waals surface area contributed by atoms with Crippen molar-refractivity contribution in [2.24, 2.45) is 0 Å². The van der Waals surface area contributed by atoms with E-state index in [1.54, 1.807) is 30.3 Å². The molecule has 1 saturated heterocycles. The van der Waals surface area contributed by atoms with Gasteiger partial charge in [-0.25, -0.2) is 0 Å². The monoisotopic (exact) mass is 379 g/mol. The van der Waals surface area contributed by atoms with Gasteiger partial charge < -0.3 is 20.3 Å². The Morgan fingerprint density at radius 1 is 1.07 bits per heavy atom. The van der Waals surface area contributed by atoms with E-state index in [9.17, 15) is 9.59 Å². The number of carbonyl (C=O) groups excluding carboxylic acids is 2. The second kappa shape index (κ2) is 9.60. The summed E-state index contributed by atoms with van der Waals surface area (Å²) in [6, 6.07) is 14.4. The summed E-state index contributed by atoms with van der Waals surface area (Å²) in [6.07, 6.45) is 3.81. The molecule has 2 aromatic rings. The molecular weight excluding hydrogens is 354 g/mol. The SMILES string of the molecule is C=CCOc1cccc(NC(=O)CNc2ccc(C(=O)N3CCCC3)cc2)c1. The maximum absolute atomic E-state index is 12.3. The molecule has 28 heavy (non-hydrogen) atoms. The molecular formula is C22H25N3O3. The number of nitrogens with zero attached hydrogens (tertiary/aromatic N) is 1. The van der Waals surface area contributed by atoms with Crippen molar-refractivity contribution in [2.75, 3.05) is 36.9 Å². The molecule has 2 N–H and O–H groups in total. The molecule has 1 heterocycles. The predicted octanol–water partition coefficient (Wildman–Crippen LogP) is 3.54. The van der Waals surface area contributed by atoms with E-state index in [4.69, 9.17) is 4.74 Å². The highest BCUT2D eigenvalue weighted by molar-refractivity contribution is 5.95. The standard InChI is InChI=1S/C22H25N3O3/c1-2-14-28-20-7-5-6-19(15-20)24-21(26)16-23-18-10-8-17(9-11-18)22(27)25-12-3-4-13-25/h2,5-11,15,23H,1,3-4,12-14,16H2,(H,24,26). The zero-order chi connectivity index (χ0) is 19.8. The highest BCUT2D eigenvalue weighted by Gasteiger charge is 2.19. The van der Waals surface area contributed by atoms with Crippen LogP contribution in [0.5, 0.6) is 5.75 Å². The average Bonchev–Trinajstić information content (AvgIpc) is 3.26. The minimum Gasteiger partial charge on any atom is -0.489 e. The van der Waals surface area contributed by atoms with Crippen LogP contribution >= 0.6 is 0 Å². The fourth-order valence-electron chi connectivity index (χ4n) is 3.04. The van der Waals surface area contributed by atoms with E-state index >= 15 is 0 Å². The third-order valence-corrected chi connectivity index (χ3v) is 4.46. The molecule has 0 spiro atoms. The number of amides is 2. The lowest BCUT2D eigenvalue weighted by atomic mass is 10.2. The minimum atomic E-state index is -0.168. The van der Waals surface area contributed by atoms with E-state index in [1.807, 2.05) is 29.2 Å². The van der Waals surface area contributed by atoms with Crippen molar-refractivity contribution in [1.29, 1.82) is 0 Å². The van der Waals surface area contributed by atoms with Gasteiger partial charge in [0.2, 0.25) is 5.91 Å². The summed E-state index contributed by atoms with van der Waals surface area (Å²) in [5, 5.41) is 5.90. The zero-order valence-corrected chi connectivity index (χ0v) is 15.8. The Morgan fingerprint density at radius 3 is 2.54 bits per heavy atom. The first kappa shape index (κ1) is 19.5. The number of anilines is 2. The summed E-state index contributed by atoms with van der Waals surface area (Å²) in [4.78, 5) is 26.4. The second-order valence-electron chi connectivity index (χ2n) is 6.61. The summed E-state index contributed by atoms with van der Waals surface area (Å²) < 4.78 is 5.46. The van der Waals surface area contributed by atoms with Gasteiger partial charge in [0.25, 0.3) is 5.91 Å². The van der Waals surface area contributed by atoms with Gasteiger partial charge in [-0.05, 0) is 49.2 Å². The third-order valence-electron chi connectivity index (χ3n) is 4.46. The number of nitrogens with one attached hydrogen (secondary N) is 2. The number of rotatable bonds is 8. The Hall–Kier alpha value is -3.28. The molecule has 0 atom stereocenters. The molecule has 0 radical (unpaired) electrons. The van der Waals surface area contributed by atoms with Crippen LogP contribution in [0.1, 0.15) is 23.2 Å². The van der Waals surface area contributed by atoms with Crippen LogP contribution in [0.4, 0.5) is 11.4 Å². The first-order valence-electron chi connectivity index (χ1n) is 9.42. The van der Waals surface area contributed by atoms with Gasteiger partial charge in [0.05, 0.1) is 6.54 Å². The Bertz CT molecular complexity index is 827. The lowest BCUT2D eigenvalue weighted by molar-refractivity contribution is -0.114. The molecule has 1 aliphatic rings. The summed E-state index contributed by atoms with van der Waals surface area (Å²) >= 11 is 0. The van der Waals surface area contributed by atoms with Crippen LogP contribution in [-0.2, 0) is 4.79 Å². The van der Waals surface area contributed by atoms with Gasteiger partial charge in [0.1, 0.15) is 12.4 Å². The number of carbonyl (C=O) groups is 2. The van der Waals surface area contributed by atoms with Gasteiger partial charge in [-0.15, -0.1) is 0 Å². The third kappa shape index (κ3) is 5.36. The number of hydrogen-bond acceptors (Lipinski definition) is 4. The van der Waals surface area contributed by atoms with E-state index in [0.29, 0.717) is 23.6 Å². The molecule has 0 aliphatic carbocycles.